The van der Waals surface area contributed by atoms with Crippen LogP contribution >= 0.6 is 0 Å². The van der Waals surface area contributed by atoms with Gasteiger partial charge in [0.05, 0.1) is 5.69 Å². The number of nitrogens with zero attached hydrogens (tertiary/aromatic N) is 3. The molecule has 0 bridgehead atoms. The Bertz CT molecular complexity index is 304. The van der Waals surface area contributed by atoms with Gasteiger partial charge in [-0.05, 0) is 34.9 Å². The van der Waals surface area contributed by atoms with Gasteiger partial charge in [-0.3, -0.25) is 0 Å². The minimum Gasteiger partial charge on any atom is -0.354 e. The summed E-state index contributed by atoms with van der Waals surface area (Å²) in [7, 11) is 4.17. The summed E-state index contributed by atoms with van der Waals surface area (Å²) >= 11 is 0. The summed E-state index contributed by atoms with van der Waals surface area (Å²) in [4.78, 5) is 6.64. The number of nitrogens with one attached hydrogen (secondary N) is 1. The molecule has 0 radical (unpaired) electrons. The molecule has 0 aliphatic rings. The molecule has 1 atom stereocenters. The number of hydrogen-bond donors (Lipinski definition) is 1. The van der Waals surface area contributed by atoms with Crippen molar-refractivity contribution in [3.63, 3.8) is 0 Å². The highest BCUT2D eigenvalue weighted by atomic mass is 15.2. The third kappa shape index (κ3) is 3.23. The Labute approximate surface area is 92.3 Å². The van der Waals surface area contributed by atoms with Gasteiger partial charge in [-0.2, -0.15) is 0 Å². The van der Waals surface area contributed by atoms with Crippen molar-refractivity contribution in [3.8, 4) is 0 Å². The van der Waals surface area contributed by atoms with E-state index < -0.39 is 0 Å². The molecule has 4 nitrogen and oxygen atoms in total. The van der Waals surface area contributed by atoms with Gasteiger partial charge in [0.15, 0.2) is 0 Å². The van der Waals surface area contributed by atoms with E-state index in [9.17, 15) is 0 Å². The molecule has 86 valence electrons. The van der Waals surface area contributed by atoms with Gasteiger partial charge in [0.1, 0.15) is 0 Å². The summed E-state index contributed by atoms with van der Waals surface area (Å²) in [5, 5.41) is 3.38. The van der Waals surface area contributed by atoms with Crippen LogP contribution < -0.4 is 5.32 Å². The first kappa shape index (κ1) is 12.0. The Morgan fingerprint density at radius 1 is 1.53 bits per heavy atom. The van der Waals surface area contributed by atoms with E-state index in [-0.39, 0.29) is 0 Å². The van der Waals surface area contributed by atoms with E-state index in [0.717, 1.165) is 24.7 Å². The molecule has 1 unspecified atom stereocenters. The zero-order valence-electron chi connectivity index (χ0n) is 10.4. The quantitative estimate of drug-likeness (QED) is 0.801. The molecular weight excluding hydrogens is 188 g/mol. The minimum absolute atomic E-state index is 0.507. The monoisotopic (exact) mass is 210 g/mol. The van der Waals surface area contributed by atoms with Crippen LogP contribution in [0.3, 0.4) is 0 Å². The number of aromatic nitrogens is 2. The van der Waals surface area contributed by atoms with Crippen LogP contribution in [-0.4, -0.2) is 41.1 Å². The average Bonchev–Trinajstić information content (AvgIpc) is 2.55. The zero-order valence-corrected chi connectivity index (χ0v) is 10.4. The maximum Gasteiger partial charge on any atom is 0.203 e. The van der Waals surface area contributed by atoms with Gasteiger partial charge in [-0.25, -0.2) is 4.98 Å². The molecule has 1 aromatic rings. The smallest absolute Gasteiger partial charge is 0.203 e. The van der Waals surface area contributed by atoms with Crippen molar-refractivity contribution in [2.24, 2.45) is 0 Å². The lowest BCUT2D eigenvalue weighted by Crippen LogP contribution is -2.32. The van der Waals surface area contributed by atoms with Crippen molar-refractivity contribution >= 4 is 5.95 Å². The molecule has 1 N–H and O–H groups in total. The Balaban J connectivity index is 2.56. The number of rotatable bonds is 5. The van der Waals surface area contributed by atoms with Crippen LogP contribution in [0.1, 0.15) is 19.5 Å². The maximum absolute atomic E-state index is 4.45. The van der Waals surface area contributed by atoms with E-state index >= 15 is 0 Å². The van der Waals surface area contributed by atoms with Gasteiger partial charge in [0.2, 0.25) is 5.95 Å². The Morgan fingerprint density at radius 3 is 2.73 bits per heavy atom. The molecule has 0 saturated carbocycles. The third-order valence-electron chi connectivity index (χ3n) is 2.67. The largest absolute Gasteiger partial charge is 0.354 e. The average molecular weight is 210 g/mol. The normalized spacial score (nSPS) is 13.2. The molecule has 4 heteroatoms. The Morgan fingerprint density at radius 2 is 2.20 bits per heavy atom. The molecular formula is C11H22N4. The number of anilines is 1. The highest BCUT2D eigenvalue weighted by molar-refractivity contribution is 5.28. The number of aryl methyl sites for hydroxylation is 2. The van der Waals surface area contributed by atoms with Gasteiger partial charge < -0.3 is 14.8 Å². The van der Waals surface area contributed by atoms with Crippen molar-refractivity contribution < 1.29 is 0 Å². The van der Waals surface area contributed by atoms with E-state index in [0.29, 0.717) is 6.04 Å². The summed E-state index contributed by atoms with van der Waals surface area (Å²) in [5.41, 5.74) is 1.07. The molecule has 0 aliphatic carbocycles. The standard InChI is InChI=1S/C11H22N4/c1-6-15-8-9(2)13-11(15)12-7-10(3)14(4)5/h8,10H,6-7H2,1-5H3,(H,12,13). The van der Waals surface area contributed by atoms with Crippen LogP contribution in [0.5, 0.6) is 0 Å². The van der Waals surface area contributed by atoms with Crippen LogP contribution in [0, 0.1) is 6.92 Å². The summed E-state index contributed by atoms with van der Waals surface area (Å²) in [6.07, 6.45) is 2.07. The molecule has 1 aromatic heterocycles. The molecule has 0 amide bonds. The predicted molar refractivity (Wildman–Crippen MR) is 64.3 cm³/mol. The molecule has 1 heterocycles. The van der Waals surface area contributed by atoms with Crippen LogP contribution in [0.2, 0.25) is 0 Å². The predicted octanol–water partition coefficient (Wildman–Crippen LogP) is 1.57. The fraction of sp³-hybridized carbons (Fsp3) is 0.727. The molecule has 0 aromatic carbocycles. The highest BCUT2D eigenvalue weighted by Crippen LogP contribution is 2.08. The molecule has 1 rings (SSSR count). The van der Waals surface area contributed by atoms with Crippen LogP contribution in [0.15, 0.2) is 6.20 Å². The van der Waals surface area contributed by atoms with Gasteiger partial charge in [-0.15, -0.1) is 0 Å². The van der Waals surface area contributed by atoms with Crippen molar-refractivity contribution in [2.75, 3.05) is 26.0 Å². The van der Waals surface area contributed by atoms with Crippen LogP contribution in [0.4, 0.5) is 5.95 Å². The molecule has 0 aliphatic heterocycles. The topological polar surface area (TPSA) is 33.1 Å². The summed E-state index contributed by atoms with van der Waals surface area (Å²) in [6.45, 7) is 8.22. The number of hydrogen-bond acceptors (Lipinski definition) is 3. The highest BCUT2D eigenvalue weighted by Gasteiger charge is 2.07. The second kappa shape index (κ2) is 5.16. The maximum atomic E-state index is 4.45. The van der Waals surface area contributed by atoms with Crippen molar-refractivity contribution in [1.29, 1.82) is 0 Å². The van der Waals surface area contributed by atoms with Gasteiger partial charge in [0, 0.05) is 25.3 Å². The molecule has 0 saturated heterocycles. The molecule has 0 fully saturated rings. The SMILES string of the molecule is CCn1cc(C)nc1NCC(C)N(C)C. The van der Waals surface area contributed by atoms with Crippen molar-refractivity contribution in [3.05, 3.63) is 11.9 Å². The van der Waals surface area contributed by atoms with E-state index in [4.69, 9.17) is 0 Å². The van der Waals surface area contributed by atoms with Crippen LogP contribution in [-0.2, 0) is 6.54 Å². The zero-order chi connectivity index (χ0) is 11.4. The fourth-order valence-corrected chi connectivity index (χ4v) is 1.35. The molecule has 15 heavy (non-hydrogen) atoms. The summed E-state index contributed by atoms with van der Waals surface area (Å²) in [5.74, 6) is 0.976. The first-order valence-electron chi connectivity index (χ1n) is 5.48. The fourth-order valence-electron chi connectivity index (χ4n) is 1.35. The lowest BCUT2D eigenvalue weighted by Gasteiger charge is -2.20. The van der Waals surface area contributed by atoms with Gasteiger partial charge >= 0.3 is 0 Å². The lowest BCUT2D eigenvalue weighted by atomic mass is 10.3. The van der Waals surface area contributed by atoms with Crippen molar-refractivity contribution in [1.82, 2.24) is 14.5 Å². The lowest BCUT2D eigenvalue weighted by molar-refractivity contribution is 0.325. The van der Waals surface area contributed by atoms with Crippen LogP contribution in [0.25, 0.3) is 0 Å². The minimum atomic E-state index is 0.507. The van der Waals surface area contributed by atoms with E-state index in [1.54, 1.807) is 0 Å². The third-order valence-corrected chi connectivity index (χ3v) is 2.67. The second-order valence-electron chi connectivity index (χ2n) is 4.19. The summed E-state index contributed by atoms with van der Waals surface area (Å²) < 4.78 is 2.14. The van der Waals surface area contributed by atoms with Gasteiger partial charge in [-0.1, -0.05) is 0 Å². The number of imidazole rings is 1. The second-order valence-corrected chi connectivity index (χ2v) is 4.19. The van der Waals surface area contributed by atoms with E-state index in [2.05, 4.69) is 53.9 Å². The van der Waals surface area contributed by atoms with Crippen molar-refractivity contribution in [2.45, 2.75) is 33.4 Å². The summed E-state index contributed by atoms with van der Waals surface area (Å²) in [6, 6.07) is 0.507. The molecule has 0 spiro atoms. The van der Waals surface area contributed by atoms with E-state index in [1.165, 1.54) is 0 Å². The first-order valence-corrected chi connectivity index (χ1v) is 5.48. The Kier molecular flexibility index (Phi) is 4.15. The van der Waals surface area contributed by atoms with E-state index in [1.807, 2.05) is 6.92 Å². The Hall–Kier alpha value is -1.03. The van der Waals surface area contributed by atoms with Gasteiger partial charge in [0.25, 0.3) is 0 Å². The first-order chi connectivity index (χ1) is 7.04. The number of likely N-dealkylation sites (N-methyl/N-ethyl adjacent to an activating group) is 1.